The molecule has 0 spiro atoms. The zero-order valence-corrected chi connectivity index (χ0v) is 10.2. The summed E-state index contributed by atoms with van der Waals surface area (Å²) in [5.74, 6) is 0. The average molecular weight is 219 g/mol. The maximum Gasteiger partial charge on any atom is 0.0393 e. The molecule has 0 radical (unpaired) electrons. The first kappa shape index (κ1) is 11.4. The van der Waals surface area contributed by atoms with E-state index in [4.69, 9.17) is 0 Å². The molecule has 0 amide bonds. The molecule has 1 unspecified atom stereocenters. The number of piperidine rings is 1. The Kier molecular flexibility index (Phi) is 3.78. The van der Waals surface area contributed by atoms with Gasteiger partial charge in [0, 0.05) is 30.2 Å². The van der Waals surface area contributed by atoms with Crippen molar-refractivity contribution in [2.24, 2.45) is 0 Å². The third kappa shape index (κ3) is 2.95. The van der Waals surface area contributed by atoms with Crippen LogP contribution in [0.25, 0.3) is 0 Å². The first-order valence-electron chi connectivity index (χ1n) is 6.19. The van der Waals surface area contributed by atoms with Gasteiger partial charge in [0.1, 0.15) is 0 Å². The number of likely N-dealkylation sites (tertiary alicyclic amines) is 1. The van der Waals surface area contributed by atoms with Crippen LogP contribution in [0, 0.1) is 6.92 Å². The van der Waals surface area contributed by atoms with Crippen molar-refractivity contribution >= 4 is 5.69 Å². The second-order valence-electron chi connectivity index (χ2n) is 4.56. The maximum absolute atomic E-state index is 4.21. The van der Waals surface area contributed by atoms with Crippen LogP contribution in [0.2, 0.25) is 0 Å². The van der Waals surface area contributed by atoms with Crippen molar-refractivity contribution in [1.29, 1.82) is 0 Å². The zero-order chi connectivity index (χ0) is 11.4. The minimum atomic E-state index is 0.593. The number of likely N-dealkylation sites (N-methyl/N-ethyl adjacent to an activating group) is 1. The number of nitrogens with one attached hydrogen (secondary N) is 1. The lowest BCUT2D eigenvalue weighted by Crippen LogP contribution is -2.41. The fourth-order valence-electron chi connectivity index (χ4n) is 2.33. The minimum Gasteiger partial charge on any atom is -0.381 e. The van der Waals surface area contributed by atoms with Gasteiger partial charge in [-0.15, -0.1) is 0 Å². The number of nitrogens with zero attached hydrogens (tertiary/aromatic N) is 2. The van der Waals surface area contributed by atoms with Gasteiger partial charge in [-0.2, -0.15) is 0 Å². The molecule has 0 aromatic carbocycles. The van der Waals surface area contributed by atoms with Gasteiger partial charge in [0.25, 0.3) is 0 Å². The number of aryl methyl sites for hydroxylation is 1. The van der Waals surface area contributed by atoms with Crippen LogP contribution in [0.1, 0.15) is 25.5 Å². The molecule has 1 fully saturated rings. The molecule has 1 aromatic rings. The van der Waals surface area contributed by atoms with Crippen molar-refractivity contribution in [2.75, 3.05) is 25.0 Å². The lowest BCUT2D eigenvalue weighted by Gasteiger charge is -2.32. The molecule has 0 aliphatic carbocycles. The second kappa shape index (κ2) is 5.30. The Bertz CT molecular complexity index is 338. The molecule has 1 aliphatic rings. The highest BCUT2D eigenvalue weighted by molar-refractivity contribution is 5.44. The molecule has 0 bridgehead atoms. The number of aromatic nitrogens is 1. The summed E-state index contributed by atoms with van der Waals surface area (Å²) >= 11 is 0. The van der Waals surface area contributed by atoms with Gasteiger partial charge >= 0.3 is 0 Å². The van der Waals surface area contributed by atoms with Gasteiger partial charge in [-0.25, -0.2) is 0 Å². The van der Waals surface area contributed by atoms with E-state index in [0.29, 0.717) is 6.04 Å². The van der Waals surface area contributed by atoms with Gasteiger partial charge in [-0.05, 0) is 45.0 Å². The third-order valence-corrected chi connectivity index (χ3v) is 3.22. The molecule has 16 heavy (non-hydrogen) atoms. The van der Waals surface area contributed by atoms with Crippen molar-refractivity contribution in [2.45, 2.75) is 32.7 Å². The molecule has 3 nitrogen and oxygen atoms in total. The van der Waals surface area contributed by atoms with E-state index in [2.05, 4.69) is 34.3 Å². The van der Waals surface area contributed by atoms with E-state index in [1.54, 1.807) is 0 Å². The summed E-state index contributed by atoms with van der Waals surface area (Å²) in [6.45, 7) is 7.85. The SMILES string of the molecule is CCN1CCCC(Nc2ccnc(C)c2)C1. The molecule has 88 valence electrons. The van der Waals surface area contributed by atoms with Crippen LogP contribution >= 0.6 is 0 Å². The highest BCUT2D eigenvalue weighted by atomic mass is 15.2. The smallest absolute Gasteiger partial charge is 0.0393 e. The fourth-order valence-corrected chi connectivity index (χ4v) is 2.33. The van der Waals surface area contributed by atoms with Crippen LogP contribution in [-0.4, -0.2) is 35.6 Å². The lowest BCUT2D eigenvalue weighted by molar-refractivity contribution is 0.227. The second-order valence-corrected chi connectivity index (χ2v) is 4.56. The summed E-state index contributed by atoms with van der Waals surface area (Å²) in [7, 11) is 0. The van der Waals surface area contributed by atoms with Crippen LogP contribution < -0.4 is 5.32 Å². The molecule has 1 aliphatic heterocycles. The van der Waals surface area contributed by atoms with Gasteiger partial charge in [0.2, 0.25) is 0 Å². The number of anilines is 1. The Labute approximate surface area is 97.9 Å². The molecule has 2 heterocycles. The van der Waals surface area contributed by atoms with E-state index < -0.39 is 0 Å². The Balaban J connectivity index is 1.94. The van der Waals surface area contributed by atoms with E-state index >= 15 is 0 Å². The molecule has 0 saturated carbocycles. The molecule has 3 heteroatoms. The van der Waals surface area contributed by atoms with Crippen LogP contribution in [0.4, 0.5) is 5.69 Å². The fraction of sp³-hybridized carbons (Fsp3) is 0.615. The molecule has 2 rings (SSSR count). The minimum absolute atomic E-state index is 0.593. The van der Waals surface area contributed by atoms with Gasteiger partial charge in [0.15, 0.2) is 0 Å². The maximum atomic E-state index is 4.21. The van der Waals surface area contributed by atoms with E-state index in [1.165, 1.54) is 25.1 Å². The predicted octanol–water partition coefficient (Wildman–Crippen LogP) is 2.29. The van der Waals surface area contributed by atoms with E-state index in [9.17, 15) is 0 Å². The quantitative estimate of drug-likeness (QED) is 0.845. The number of pyridine rings is 1. The lowest BCUT2D eigenvalue weighted by atomic mass is 10.1. The van der Waals surface area contributed by atoms with E-state index in [1.807, 2.05) is 13.1 Å². The molecule has 1 N–H and O–H groups in total. The van der Waals surface area contributed by atoms with E-state index in [-0.39, 0.29) is 0 Å². The van der Waals surface area contributed by atoms with Crippen molar-refractivity contribution < 1.29 is 0 Å². The van der Waals surface area contributed by atoms with Crippen molar-refractivity contribution in [3.8, 4) is 0 Å². The predicted molar refractivity (Wildman–Crippen MR) is 67.7 cm³/mol. The molecule has 1 atom stereocenters. The Morgan fingerprint density at radius 2 is 2.44 bits per heavy atom. The summed E-state index contributed by atoms with van der Waals surface area (Å²) in [4.78, 5) is 6.72. The number of hydrogen-bond acceptors (Lipinski definition) is 3. The van der Waals surface area contributed by atoms with Crippen molar-refractivity contribution in [3.05, 3.63) is 24.0 Å². The first-order valence-corrected chi connectivity index (χ1v) is 6.19. The molecule has 1 aromatic heterocycles. The standard InChI is InChI=1S/C13H21N3/c1-3-16-8-4-5-13(10-16)15-12-6-7-14-11(2)9-12/h6-7,9,13H,3-5,8,10H2,1-2H3,(H,14,15). The van der Waals surface area contributed by atoms with Crippen molar-refractivity contribution in [3.63, 3.8) is 0 Å². The average Bonchev–Trinajstić information content (AvgIpc) is 2.29. The third-order valence-electron chi connectivity index (χ3n) is 3.22. The summed E-state index contributed by atoms with van der Waals surface area (Å²) in [5.41, 5.74) is 2.28. The summed E-state index contributed by atoms with van der Waals surface area (Å²) in [6, 6.07) is 4.76. The highest BCUT2D eigenvalue weighted by Crippen LogP contribution is 2.15. The molecule has 1 saturated heterocycles. The van der Waals surface area contributed by atoms with Crippen LogP contribution in [0.3, 0.4) is 0 Å². The van der Waals surface area contributed by atoms with Gasteiger partial charge in [0.05, 0.1) is 0 Å². The molecular weight excluding hydrogens is 198 g/mol. The van der Waals surface area contributed by atoms with Crippen LogP contribution in [-0.2, 0) is 0 Å². The highest BCUT2D eigenvalue weighted by Gasteiger charge is 2.18. The molecular formula is C13H21N3. The van der Waals surface area contributed by atoms with E-state index in [0.717, 1.165) is 18.8 Å². The van der Waals surface area contributed by atoms with Crippen molar-refractivity contribution in [1.82, 2.24) is 9.88 Å². The van der Waals surface area contributed by atoms with Gasteiger partial charge < -0.3 is 10.2 Å². The zero-order valence-electron chi connectivity index (χ0n) is 10.2. The summed E-state index contributed by atoms with van der Waals surface area (Å²) < 4.78 is 0. The topological polar surface area (TPSA) is 28.2 Å². The Morgan fingerprint density at radius 1 is 1.56 bits per heavy atom. The van der Waals surface area contributed by atoms with Gasteiger partial charge in [-0.1, -0.05) is 6.92 Å². The van der Waals surface area contributed by atoms with Crippen LogP contribution in [0.5, 0.6) is 0 Å². The number of rotatable bonds is 3. The van der Waals surface area contributed by atoms with Crippen LogP contribution in [0.15, 0.2) is 18.3 Å². The number of hydrogen-bond donors (Lipinski definition) is 1. The summed E-state index contributed by atoms with van der Waals surface area (Å²) in [6.07, 6.45) is 4.45. The summed E-state index contributed by atoms with van der Waals surface area (Å²) in [5, 5.41) is 3.60. The van der Waals surface area contributed by atoms with Gasteiger partial charge in [-0.3, -0.25) is 4.98 Å². The monoisotopic (exact) mass is 219 g/mol. The normalized spacial score (nSPS) is 22.0. The Morgan fingerprint density at radius 3 is 3.19 bits per heavy atom. The largest absolute Gasteiger partial charge is 0.381 e. The Hall–Kier alpha value is -1.09. The first-order chi connectivity index (χ1) is 7.78.